The summed E-state index contributed by atoms with van der Waals surface area (Å²) in [5.41, 5.74) is 17.9. The van der Waals surface area contributed by atoms with Crippen molar-refractivity contribution in [3.8, 4) is 11.5 Å². The minimum absolute atomic E-state index is 0.0436. The normalized spacial score (nSPS) is 26.5. The van der Waals surface area contributed by atoms with Gasteiger partial charge in [-0.05, 0) is 74.9 Å². The molecule has 0 aromatic heterocycles. The van der Waals surface area contributed by atoms with Crippen LogP contribution in [0, 0.1) is 0 Å². The quantitative estimate of drug-likeness (QED) is 0.0739. The fourth-order valence-electron chi connectivity index (χ4n) is 8.59. The molecule has 4 rings (SSSR count). The predicted molar refractivity (Wildman–Crippen MR) is 303 cm³/mol. The monoisotopic (exact) mass is 1240 g/mol. The summed E-state index contributed by atoms with van der Waals surface area (Å²) in [5, 5.41) is 70.9. The molecule has 2 fully saturated rings. The van der Waals surface area contributed by atoms with Crippen molar-refractivity contribution in [3.05, 3.63) is 59.7 Å². The number of carbonyl (C=O) groups is 12. The zero-order chi connectivity index (χ0) is 62.5. The van der Waals surface area contributed by atoms with Gasteiger partial charge in [-0.3, -0.25) is 56.9 Å². The second kappa shape index (κ2) is 33.0. The van der Waals surface area contributed by atoms with Gasteiger partial charge in [0.25, 0.3) is 0 Å². The summed E-state index contributed by atoms with van der Waals surface area (Å²) in [5.74, 6) is -14.5. The summed E-state index contributed by atoms with van der Waals surface area (Å²) in [6, 6.07) is -6.03. The highest BCUT2D eigenvalue weighted by Gasteiger charge is 2.42. The van der Waals surface area contributed by atoms with Gasteiger partial charge >= 0.3 is 5.97 Å². The van der Waals surface area contributed by atoms with E-state index in [2.05, 4.69) is 42.5 Å². The number of aliphatic hydroxyl groups excluding tert-OH is 2. The summed E-state index contributed by atoms with van der Waals surface area (Å²) >= 11 is 0. The number of rotatable bonds is 15. The predicted octanol–water partition coefficient (Wildman–Crippen LogP) is -5.77. The number of benzene rings is 2. The number of aromatic hydroxyl groups is 2. The van der Waals surface area contributed by atoms with E-state index in [0.29, 0.717) is 11.1 Å². The van der Waals surface area contributed by atoms with Gasteiger partial charge in [0.05, 0.1) is 24.7 Å². The van der Waals surface area contributed by atoms with Crippen molar-refractivity contribution in [2.75, 3.05) is 30.1 Å². The Morgan fingerprint density at radius 2 is 1.05 bits per heavy atom. The third kappa shape index (κ3) is 21.9. The first kappa shape index (κ1) is 68.9. The molecule has 2 aromatic carbocycles. The number of carboxylic acid groups (broad SMARTS) is 1. The standard InChI is InChI=1S/C51H72N12O18S3/c1-24(64)40-48(76)58-34(20-27-8-12-29(67)13-9-27)45(73)55-31(14-15-38(53)68)43(71)56-32(16-18-84(3)81)44(72)60-36(51(79)80)23-83-82-22-30(52)42(70)57-33(19-26-6-10-28(66)11-7-26)46(74)59-35(21-39(54)69)50(78)63-17-4-5-37(63)47(75)61-41(25(2)65)49(77)62-40/h6-13,24-25,30-37,40-41,64-67H,4-5,14-23,52H2,1-3H3,(H2,53,68)(H2,54,69)(H,55,73)(H,56,71)(H,57,70)(H,58,76)(H,59,74)(H,60,72)(H,61,75)(H,62,77)(H,79,80)/t24-,25-,30+,31+,32+,33+,34+,35+,36+,37+,40+,41+,84?/m1/s1. The summed E-state index contributed by atoms with van der Waals surface area (Å²) in [6.07, 6.45) is -5.00. The fraction of sp³-hybridized carbons (Fsp3) is 0.529. The molecular formula is C51H72N12O18S3. The molecule has 2 saturated heterocycles. The van der Waals surface area contributed by atoms with Crippen LogP contribution >= 0.6 is 21.6 Å². The maximum absolute atomic E-state index is 14.3. The Labute approximate surface area is 492 Å². The number of carboxylic acids is 1. The molecule has 0 spiro atoms. The number of primary amides is 2. The molecule has 84 heavy (non-hydrogen) atoms. The molecule has 0 radical (unpaired) electrons. The van der Waals surface area contributed by atoms with Crippen LogP contribution in [0.5, 0.6) is 11.5 Å². The number of nitrogens with one attached hydrogen (secondary N) is 8. The molecule has 2 aromatic rings. The van der Waals surface area contributed by atoms with Crippen LogP contribution in [-0.2, 0) is 81.2 Å². The number of nitrogens with two attached hydrogens (primary N) is 3. The zero-order valence-electron chi connectivity index (χ0n) is 46.0. The second-order valence-electron chi connectivity index (χ2n) is 20.0. The fourth-order valence-corrected chi connectivity index (χ4v) is 11.4. The van der Waals surface area contributed by atoms with Crippen LogP contribution in [0.25, 0.3) is 0 Å². The van der Waals surface area contributed by atoms with Gasteiger partial charge in [-0.1, -0.05) is 45.9 Å². The molecule has 13 atom stereocenters. The Morgan fingerprint density at radius 3 is 1.54 bits per heavy atom. The Bertz CT molecular complexity index is 2740. The number of phenolic OH excluding ortho intramolecular Hbond substituents is 2. The van der Waals surface area contributed by atoms with Gasteiger partial charge in [-0.2, -0.15) is 0 Å². The number of aliphatic carboxylic acids is 1. The molecule has 11 amide bonds. The maximum Gasteiger partial charge on any atom is 0.327 e. The maximum atomic E-state index is 14.3. The number of aliphatic hydroxyl groups is 2. The molecule has 462 valence electrons. The van der Waals surface area contributed by atoms with Crippen LogP contribution in [0.15, 0.2) is 48.5 Å². The van der Waals surface area contributed by atoms with Crippen molar-refractivity contribution in [2.45, 2.75) is 138 Å². The van der Waals surface area contributed by atoms with E-state index in [4.69, 9.17) is 17.2 Å². The van der Waals surface area contributed by atoms with Crippen LogP contribution in [0.3, 0.4) is 0 Å². The molecule has 0 saturated carbocycles. The van der Waals surface area contributed by atoms with E-state index < -0.39 is 180 Å². The van der Waals surface area contributed by atoms with Crippen molar-refractivity contribution in [1.29, 1.82) is 0 Å². The third-order valence-electron chi connectivity index (χ3n) is 13.2. The van der Waals surface area contributed by atoms with E-state index in [1.165, 1.54) is 54.8 Å². The molecule has 33 heteroatoms. The van der Waals surface area contributed by atoms with Crippen LogP contribution in [-0.4, -0.2) is 208 Å². The van der Waals surface area contributed by atoms with Crippen molar-refractivity contribution in [2.24, 2.45) is 17.2 Å². The van der Waals surface area contributed by atoms with Gasteiger partial charge in [-0.25, -0.2) is 4.79 Å². The van der Waals surface area contributed by atoms with Crippen molar-refractivity contribution in [3.63, 3.8) is 0 Å². The highest BCUT2D eigenvalue weighted by atomic mass is 33.1. The lowest BCUT2D eigenvalue weighted by molar-refractivity contribution is -0.144. The molecule has 19 N–H and O–H groups in total. The number of phenols is 2. The van der Waals surface area contributed by atoms with E-state index in [1.54, 1.807) is 0 Å². The Hall–Kier alpha value is -7.59. The highest BCUT2D eigenvalue weighted by Crippen LogP contribution is 2.24. The van der Waals surface area contributed by atoms with Crippen LogP contribution in [0.2, 0.25) is 0 Å². The number of amides is 11. The average molecular weight is 1240 g/mol. The van der Waals surface area contributed by atoms with Crippen molar-refractivity contribution < 1.29 is 87.3 Å². The minimum atomic E-state index is -1.97. The SMILES string of the molecule is C[C@@H](O)[C@@H]1NC(=O)[C@H]([C@@H](C)O)NC(=O)[C@@H]2CCCN2C(=O)[C@H](CC(N)=O)NC(=O)[C@H](Cc2ccc(O)cc2)NC(=O)[C@@H](N)CSSC[C@@H](C(=O)O)NC(=O)[C@H](CCS(C)=O)NC(=O)[C@H](CCC(N)=O)NC(=O)[C@H](Cc2ccc(O)cc2)NC1=O. The molecule has 0 aliphatic carbocycles. The van der Waals surface area contributed by atoms with E-state index in [9.17, 15) is 87.3 Å². The minimum Gasteiger partial charge on any atom is -0.508 e. The van der Waals surface area contributed by atoms with Gasteiger partial charge in [0.2, 0.25) is 65.0 Å². The van der Waals surface area contributed by atoms with Gasteiger partial charge in [0.15, 0.2) is 0 Å². The highest BCUT2D eigenvalue weighted by molar-refractivity contribution is 8.76. The summed E-state index contributed by atoms with van der Waals surface area (Å²) < 4.78 is 12.3. The molecule has 2 heterocycles. The molecular weight excluding hydrogens is 1160 g/mol. The summed E-state index contributed by atoms with van der Waals surface area (Å²) in [6.45, 7) is 2.04. The van der Waals surface area contributed by atoms with Gasteiger partial charge < -0.3 is 90.2 Å². The first-order valence-corrected chi connectivity index (χ1v) is 30.5. The van der Waals surface area contributed by atoms with Gasteiger partial charge in [-0.15, -0.1) is 0 Å². The Kier molecular flexibility index (Phi) is 27.1. The largest absolute Gasteiger partial charge is 0.508 e. The topological polar surface area (TPSA) is 501 Å². The number of hydrogen-bond acceptors (Lipinski definition) is 20. The zero-order valence-corrected chi connectivity index (χ0v) is 48.4. The summed E-state index contributed by atoms with van der Waals surface area (Å²) in [7, 11) is 0.156. The number of hydrogen-bond donors (Lipinski definition) is 16. The van der Waals surface area contributed by atoms with Gasteiger partial charge in [0, 0.05) is 60.1 Å². The van der Waals surface area contributed by atoms with Crippen molar-refractivity contribution in [1.82, 2.24) is 47.4 Å². The molecule has 2 aliphatic heterocycles. The van der Waals surface area contributed by atoms with Crippen molar-refractivity contribution >= 4 is 103 Å². The van der Waals surface area contributed by atoms with Crippen LogP contribution in [0.4, 0.5) is 0 Å². The number of carbonyl (C=O) groups excluding carboxylic acids is 11. The first-order chi connectivity index (χ1) is 39.5. The second-order valence-corrected chi connectivity index (χ2v) is 24.1. The van der Waals surface area contributed by atoms with E-state index in [0.717, 1.165) is 40.3 Å². The molecule has 30 nitrogen and oxygen atoms in total. The van der Waals surface area contributed by atoms with Gasteiger partial charge in [0.1, 0.15) is 65.9 Å². The Morgan fingerprint density at radius 1 is 0.607 bits per heavy atom. The molecule has 2 aliphatic rings. The lowest BCUT2D eigenvalue weighted by atomic mass is 10.0. The number of nitrogens with zero attached hydrogens (tertiary/aromatic N) is 1. The Balaban J connectivity index is 1.79. The lowest BCUT2D eigenvalue weighted by Crippen LogP contribution is -2.63. The first-order valence-electron chi connectivity index (χ1n) is 26.3. The van der Waals surface area contributed by atoms with E-state index in [-0.39, 0.29) is 61.0 Å². The van der Waals surface area contributed by atoms with Crippen LogP contribution < -0.4 is 59.7 Å². The smallest absolute Gasteiger partial charge is 0.327 e. The third-order valence-corrected chi connectivity index (χ3v) is 16.4. The van der Waals surface area contributed by atoms with E-state index in [1.807, 2.05) is 0 Å². The van der Waals surface area contributed by atoms with E-state index >= 15 is 0 Å². The number of fused-ring (bicyclic) bond motifs is 1. The molecule has 0 bridgehead atoms. The van der Waals surface area contributed by atoms with Crippen LogP contribution in [0.1, 0.15) is 63.5 Å². The lowest BCUT2D eigenvalue weighted by Gasteiger charge is -2.31. The summed E-state index contributed by atoms with van der Waals surface area (Å²) in [4.78, 5) is 165. The molecule has 1 unspecified atom stereocenters. The average Bonchev–Trinajstić information content (AvgIpc) is 3.46.